The van der Waals surface area contributed by atoms with Gasteiger partial charge in [0.25, 0.3) is 0 Å². The summed E-state index contributed by atoms with van der Waals surface area (Å²) in [7, 11) is 3.45. The van der Waals surface area contributed by atoms with Crippen LogP contribution in [-0.4, -0.2) is 26.4 Å². The molecule has 0 aliphatic heterocycles. The molecule has 1 rings (SSSR count). The van der Waals surface area contributed by atoms with Crippen molar-refractivity contribution >= 4 is 0 Å². The molecule has 1 N–H and O–H groups in total. The van der Waals surface area contributed by atoms with Gasteiger partial charge < -0.3 is 14.8 Å². The molecule has 0 saturated heterocycles. The zero-order chi connectivity index (χ0) is 13.6. The van der Waals surface area contributed by atoms with Gasteiger partial charge in [-0.05, 0) is 51.4 Å². The molecular formula is C15H25NO2. The van der Waals surface area contributed by atoms with Gasteiger partial charge in [0.1, 0.15) is 5.75 Å². The molecule has 102 valence electrons. The first-order valence-electron chi connectivity index (χ1n) is 6.41. The molecule has 1 atom stereocenters. The number of hydrogen-bond acceptors (Lipinski definition) is 3. The predicted octanol–water partition coefficient (Wildman–Crippen LogP) is 3.16. The summed E-state index contributed by atoms with van der Waals surface area (Å²) in [6, 6.07) is 8.48. The molecule has 0 heterocycles. The molecular weight excluding hydrogens is 226 g/mol. The van der Waals surface area contributed by atoms with Crippen molar-refractivity contribution in [2.45, 2.75) is 38.8 Å². The molecule has 0 bridgehead atoms. The summed E-state index contributed by atoms with van der Waals surface area (Å²) in [6.07, 6.45) is 0.984. The van der Waals surface area contributed by atoms with Crippen LogP contribution in [0, 0.1) is 0 Å². The van der Waals surface area contributed by atoms with Gasteiger partial charge in [0.2, 0.25) is 0 Å². The molecule has 0 amide bonds. The van der Waals surface area contributed by atoms with Gasteiger partial charge in [0, 0.05) is 13.2 Å². The van der Waals surface area contributed by atoms with Gasteiger partial charge in [-0.25, -0.2) is 0 Å². The fourth-order valence-corrected chi connectivity index (χ4v) is 1.72. The molecule has 3 heteroatoms. The van der Waals surface area contributed by atoms with Gasteiger partial charge in [-0.1, -0.05) is 12.1 Å². The second-order valence-corrected chi connectivity index (χ2v) is 5.17. The van der Waals surface area contributed by atoms with Crippen LogP contribution in [0.4, 0.5) is 0 Å². The Morgan fingerprint density at radius 3 is 2.61 bits per heavy atom. The Bertz CT molecular complexity index is 363. The lowest BCUT2D eigenvalue weighted by Crippen LogP contribution is -2.30. The minimum Gasteiger partial charge on any atom is -0.497 e. The monoisotopic (exact) mass is 251 g/mol. The summed E-state index contributed by atoms with van der Waals surface area (Å²) in [4.78, 5) is 0. The van der Waals surface area contributed by atoms with E-state index in [2.05, 4.69) is 38.2 Å². The molecule has 18 heavy (non-hydrogen) atoms. The summed E-state index contributed by atoms with van der Waals surface area (Å²) in [6.45, 7) is 7.30. The molecule has 0 fully saturated rings. The Hall–Kier alpha value is -1.06. The molecule has 0 aliphatic carbocycles. The van der Waals surface area contributed by atoms with Gasteiger partial charge in [0.15, 0.2) is 0 Å². The second-order valence-electron chi connectivity index (χ2n) is 5.17. The van der Waals surface area contributed by atoms with E-state index in [1.165, 1.54) is 5.56 Å². The second kappa shape index (κ2) is 6.76. The third-order valence-corrected chi connectivity index (χ3v) is 3.32. The van der Waals surface area contributed by atoms with Gasteiger partial charge in [-0.15, -0.1) is 0 Å². The molecule has 0 saturated carbocycles. The standard InChI is InChI=1S/C15H25NO2/c1-12(16-10-9-15(2,3)18-5)13-7-6-8-14(11-13)17-4/h6-8,11-12,16H,9-10H2,1-5H3. The van der Waals surface area contributed by atoms with Crippen molar-refractivity contribution in [1.82, 2.24) is 5.32 Å². The highest BCUT2D eigenvalue weighted by atomic mass is 16.5. The maximum atomic E-state index is 5.40. The Labute approximate surface area is 110 Å². The topological polar surface area (TPSA) is 30.5 Å². The average molecular weight is 251 g/mol. The SMILES string of the molecule is COc1cccc(C(C)NCCC(C)(C)OC)c1. The summed E-state index contributed by atoms with van der Waals surface area (Å²) in [5.74, 6) is 0.901. The van der Waals surface area contributed by atoms with E-state index in [0.29, 0.717) is 6.04 Å². The molecule has 0 spiro atoms. The molecule has 1 unspecified atom stereocenters. The minimum absolute atomic E-state index is 0.0684. The van der Waals surface area contributed by atoms with Crippen molar-refractivity contribution in [2.75, 3.05) is 20.8 Å². The van der Waals surface area contributed by atoms with Crippen LogP contribution in [0.3, 0.4) is 0 Å². The quantitative estimate of drug-likeness (QED) is 0.807. The normalized spacial score (nSPS) is 13.4. The smallest absolute Gasteiger partial charge is 0.119 e. The van der Waals surface area contributed by atoms with Crippen LogP contribution in [0.25, 0.3) is 0 Å². The number of ether oxygens (including phenoxy) is 2. The molecule has 0 radical (unpaired) electrons. The van der Waals surface area contributed by atoms with Gasteiger partial charge in [-0.2, -0.15) is 0 Å². The first kappa shape index (κ1) is 15.0. The van der Waals surface area contributed by atoms with Crippen LogP contribution in [0.1, 0.15) is 38.8 Å². The Morgan fingerprint density at radius 1 is 1.28 bits per heavy atom. The number of rotatable bonds is 7. The van der Waals surface area contributed by atoms with Crippen LogP contribution in [0.5, 0.6) is 5.75 Å². The van der Waals surface area contributed by atoms with Gasteiger partial charge in [-0.3, -0.25) is 0 Å². The van der Waals surface area contributed by atoms with Crippen LogP contribution in [0.2, 0.25) is 0 Å². The number of methoxy groups -OCH3 is 2. The first-order chi connectivity index (χ1) is 8.48. The van der Waals surface area contributed by atoms with Crippen molar-refractivity contribution in [3.05, 3.63) is 29.8 Å². The lowest BCUT2D eigenvalue weighted by molar-refractivity contribution is 0.0154. The molecule has 0 aliphatic rings. The molecule has 3 nitrogen and oxygen atoms in total. The van der Waals surface area contributed by atoms with Crippen molar-refractivity contribution in [2.24, 2.45) is 0 Å². The van der Waals surface area contributed by atoms with E-state index in [-0.39, 0.29) is 5.60 Å². The fraction of sp³-hybridized carbons (Fsp3) is 0.600. The van der Waals surface area contributed by atoms with E-state index < -0.39 is 0 Å². The van der Waals surface area contributed by atoms with E-state index in [0.717, 1.165) is 18.7 Å². The van der Waals surface area contributed by atoms with Crippen molar-refractivity contribution in [1.29, 1.82) is 0 Å². The average Bonchev–Trinajstić information content (AvgIpc) is 2.38. The Morgan fingerprint density at radius 2 is 2.00 bits per heavy atom. The summed E-state index contributed by atoms with van der Waals surface area (Å²) in [5.41, 5.74) is 1.17. The zero-order valence-corrected chi connectivity index (χ0v) is 12.1. The van der Waals surface area contributed by atoms with E-state index in [4.69, 9.17) is 9.47 Å². The van der Waals surface area contributed by atoms with Crippen LogP contribution in [0.15, 0.2) is 24.3 Å². The van der Waals surface area contributed by atoms with Crippen molar-refractivity contribution < 1.29 is 9.47 Å². The zero-order valence-electron chi connectivity index (χ0n) is 12.1. The number of hydrogen-bond donors (Lipinski definition) is 1. The lowest BCUT2D eigenvalue weighted by Gasteiger charge is -2.24. The maximum absolute atomic E-state index is 5.40. The Kier molecular flexibility index (Phi) is 5.63. The third kappa shape index (κ3) is 4.67. The van der Waals surface area contributed by atoms with Crippen molar-refractivity contribution in [3.63, 3.8) is 0 Å². The highest BCUT2D eigenvalue weighted by molar-refractivity contribution is 5.30. The summed E-state index contributed by atoms with van der Waals surface area (Å²) < 4.78 is 10.6. The van der Waals surface area contributed by atoms with Crippen LogP contribution >= 0.6 is 0 Å². The largest absolute Gasteiger partial charge is 0.497 e. The summed E-state index contributed by atoms with van der Waals surface area (Å²) >= 11 is 0. The highest BCUT2D eigenvalue weighted by Gasteiger charge is 2.16. The maximum Gasteiger partial charge on any atom is 0.119 e. The van der Waals surface area contributed by atoms with Crippen molar-refractivity contribution in [3.8, 4) is 5.75 Å². The van der Waals surface area contributed by atoms with E-state index >= 15 is 0 Å². The van der Waals surface area contributed by atoms with Crippen LogP contribution in [-0.2, 0) is 4.74 Å². The molecule has 1 aromatic rings. The first-order valence-corrected chi connectivity index (χ1v) is 6.41. The third-order valence-electron chi connectivity index (χ3n) is 3.32. The number of nitrogens with one attached hydrogen (secondary N) is 1. The molecule has 1 aromatic carbocycles. The Balaban J connectivity index is 2.47. The summed E-state index contributed by atoms with van der Waals surface area (Å²) in [5, 5.41) is 3.51. The fourth-order valence-electron chi connectivity index (χ4n) is 1.72. The van der Waals surface area contributed by atoms with E-state index in [1.54, 1.807) is 14.2 Å². The van der Waals surface area contributed by atoms with Crippen LogP contribution < -0.4 is 10.1 Å². The van der Waals surface area contributed by atoms with Gasteiger partial charge >= 0.3 is 0 Å². The predicted molar refractivity (Wildman–Crippen MR) is 75.1 cm³/mol. The lowest BCUT2D eigenvalue weighted by atomic mass is 10.0. The van der Waals surface area contributed by atoms with E-state index in [1.807, 2.05) is 12.1 Å². The highest BCUT2D eigenvalue weighted by Crippen LogP contribution is 2.19. The minimum atomic E-state index is -0.0684. The number of benzene rings is 1. The molecule has 0 aromatic heterocycles. The van der Waals surface area contributed by atoms with Gasteiger partial charge in [0.05, 0.1) is 12.7 Å². The van der Waals surface area contributed by atoms with E-state index in [9.17, 15) is 0 Å².